The maximum absolute atomic E-state index is 4.62. The van der Waals surface area contributed by atoms with Crippen LogP contribution in [0.5, 0.6) is 0 Å². The fourth-order valence-electron chi connectivity index (χ4n) is 3.96. The SMILES string of the molecule is Cc1ccncc1-c1ccc2[nH]nc(-c3cc4c(-c5cccs5)cncc4[nH]3)c2c1. The van der Waals surface area contributed by atoms with Crippen LogP contribution in [0.15, 0.2) is 72.6 Å². The molecule has 5 aromatic heterocycles. The van der Waals surface area contributed by atoms with E-state index in [2.05, 4.69) is 73.9 Å². The number of rotatable bonds is 3. The summed E-state index contributed by atoms with van der Waals surface area (Å²) in [4.78, 5) is 13.4. The quantitative estimate of drug-likeness (QED) is 0.367. The summed E-state index contributed by atoms with van der Waals surface area (Å²) in [5.41, 5.74) is 8.49. The van der Waals surface area contributed by atoms with Crippen LogP contribution in [0.4, 0.5) is 0 Å². The average Bonchev–Trinajstić information content (AvgIpc) is 3.51. The first-order chi connectivity index (χ1) is 14.8. The minimum absolute atomic E-state index is 0.904. The summed E-state index contributed by atoms with van der Waals surface area (Å²) in [6, 6.07) is 14.8. The molecule has 30 heavy (non-hydrogen) atoms. The summed E-state index contributed by atoms with van der Waals surface area (Å²) in [7, 11) is 0. The molecule has 0 bridgehead atoms. The van der Waals surface area contributed by atoms with E-state index in [1.165, 1.54) is 10.4 Å². The van der Waals surface area contributed by atoms with Crippen molar-refractivity contribution in [3.05, 3.63) is 78.2 Å². The molecule has 5 heterocycles. The molecule has 0 fully saturated rings. The maximum atomic E-state index is 4.62. The number of fused-ring (bicyclic) bond motifs is 2. The summed E-state index contributed by atoms with van der Waals surface area (Å²) >= 11 is 1.72. The average molecular weight is 408 g/mol. The van der Waals surface area contributed by atoms with Crippen LogP contribution in [0.1, 0.15) is 5.56 Å². The minimum Gasteiger partial charge on any atom is -0.352 e. The summed E-state index contributed by atoms with van der Waals surface area (Å²) in [6.07, 6.45) is 7.54. The molecule has 1 aromatic carbocycles. The van der Waals surface area contributed by atoms with Crippen LogP contribution in [-0.2, 0) is 0 Å². The van der Waals surface area contributed by atoms with Gasteiger partial charge >= 0.3 is 0 Å². The maximum Gasteiger partial charge on any atom is 0.116 e. The van der Waals surface area contributed by atoms with Gasteiger partial charge in [0.15, 0.2) is 0 Å². The molecule has 0 aliphatic heterocycles. The molecular weight excluding hydrogens is 390 g/mol. The van der Waals surface area contributed by atoms with Gasteiger partial charge in [-0.1, -0.05) is 12.1 Å². The highest BCUT2D eigenvalue weighted by Gasteiger charge is 2.15. The van der Waals surface area contributed by atoms with Gasteiger partial charge in [0.25, 0.3) is 0 Å². The smallest absolute Gasteiger partial charge is 0.116 e. The molecule has 0 spiro atoms. The van der Waals surface area contributed by atoms with Crippen LogP contribution < -0.4 is 0 Å². The standard InChI is InChI=1S/C24H17N5S/c1-14-6-7-25-11-18(14)15-4-5-20-17(9-15)24(29-28-20)21-10-16-19(23-3-2-8-30-23)12-26-13-22(16)27-21/h2-13,27H,1H3,(H,28,29). The molecule has 0 saturated carbocycles. The lowest BCUT2D eigenvalue weighted by molar-refractivity contribution is 1.12. The van der Waals surface area contributed by atoms with Crippen molar-refractivity contribution < 1.29 is 0 Å². The predicted molar refractivity (Wildman–Crippen MR) is 122 cm³/mol. The zero-order chi connectivity index (χ0) is 20.1. The van der Waals surface area contributed by atoms with E-state index in [9.17, 15) is 0 Å². The van der Waals surface area contributed by atoms with Gasteiger partial charge in [0.1, 0.15) is 5.69 Å². The first kappa shape index (κ1) is 17.1. The van der Waals surface area contributed by atoms with E-state index in [-0.39, 0.29) is 0 Å². The Bertz CT molecular complexity index is 1510. The van der Waals surface area contributed by atoms with Gasteiger partial charge < -0.3 is 4.98 Å². The second kappa shape index (κ2) is 6.64. The summed E-state index contributed by atoms with van der Waals surface area (Å²) in [5.74, 6) is 0. The number of hydrogen-bond donors (Lipinski definition) is 2. The lowest BCUT2D eigenvalue weighted by atomic mass is 10.0. The first-order valence-electron chi connectivity index (χ1n) is 9.68. The number of hydrogen-bond acceptors (Lipinski definition) is 4. The van der Waals surface area contributed by atoms with Crippen molar-refractivity contribution in [2.24, 2.45) is 0 Å². The van der Waals surface area contributed by atoms with Gasteiger partial charge in [-0.25, -0.2) is 0 Å². The van der Waals surface area contributed by atoms with Crippen LogP contribution in [0.25, 0.3) is 54.8 Å². The zero-order valence-corrected chi connectivity index (χ0v) is 17.0. The monoisotopic (exact) mass is 407 g/mol. The Morgan fingerprint density at radius 3 is 2.67 bits per heavy atom. The highest BCUT2D eigenvalue weighted by molar-refractivity contribution is 7.13. The van der Waals surface area contributed by atoms with Crippen LogP contribution in [0.2, 0.25) is 0 Å². The van der Waals surface area contributed by atoms with E-state index in [1.807, 2.05) is 30.9 Å². The molecule has 0 atom stereocenters. The second-order valence-corrected chi connectivity index (χ2v) is 8.28. The molecule has 0 radical (unpaired) electrons. The molecule has 6 rings (SSSR count). The van der Waals surface area contributed by atoms with E-state index in [0.717, 1.165) is 49.9 Å². The predicted octanol–water partition coefficient (Wildman–Crippen LogP) is 6.21. The molecular formula is C24H17N5S. The number of aryl methyl sites for hydroxylation is 1. The zero-order valence-electron chi connectivity index (χ0n) is 16.2. The lowest BCUT2D eigenvalue weighted by Gasteiger charge is -2.05. The van der Waals surface area contributed by atoms with Crippen LogP contribution in [0, 0.1) is 6.92 Å². The van der Waals surface area contributed by atoms with E-state index in [4.69, 9.17) is 0 Å². The van der Waals surface area contributed by atoms with Gasteiger partial charge in [0.2, 0.25) is 0 Å². The number of pyridine rings is 2. The van der Waals surface area contributed by atoms with Crippen LogP contribution in [-0.4, -0.2) is 25.1 Å². The van der Waals surface area contributed by atoms with Gasteiger partial charge in [-0.05, 0) is 53.8 Å². The Morgan fingerprint density at radius 1 is 0.867 bits per heavy atom. The third-order valence-corrected chi connectivity index (χ3v) is 6.40. The molecule has 144 valence electrons. The summed E-state index contributed by atoms with van der Waals surface area (Å²) < 4.78 is 0. The molecule has 2 N–H and O–H groups in total. The molecule has 0 aliphatic rings. The van der Waals surface area contributed by atoms with E-state index < -0.39 is 0 Å². The van der Waals surface area contributed by atoms with Crippen molar-refractivity contribution >= 4 is 33.1 Å². The number of H-pyrrole nitrogens is 2. The van der Waals surface area contributed by atoms with Crippen LogP contribution >= 0.6 is 11.3 Å². The van der Waals surface area contributed by atoms with Crippen molar-refractivity contribution in [2.75, 3.05) is 0 Å². The second-order valence-electron chi connectivity index (χ2n) is 7.33. The molecule has 0 amide bonds. The van der Waals surface area contributed by atoms with E-state index in [1.54, 1.807) is 11.3 Å². The fraction of sp³-hybridized carbons (Fsp3) is 0.0417. The number of benzene rings is 1. The third-order valence-electron chi connectivity index (χ3n) is 5.50. The Balaban J connectivity index is 1.53. The fourth-order valence-corrected chi connectivity index (χ4v) is 4.71. The largest absolute Gasteiger partial charge is 0.352 e. The molecule has 6 heteroatoms. The number of aromatic nitrogens is 5. The van der Waals surface area contributed by atoms with E-state index >= 15 is 0 Å². The van der Waals surface area contributed by atoms with Crippen molar-refractivity contribution in [2.45, 2.75) is 6.92 Å². The highest BCUT2D eigenvalue weighted by Crippen LogP contribution is 2.36. The molecule has 5 nitrogen and oxygen atoms in total. The number of nitrogens with one attached hydrogen (secondary N) is 2. The Morgan fingerprint density at radius 2 is 1.80 bits per heavy atom. The molecule has 0 aliphatic carbocycles. The molecule has 6 aromatic rings. The Kier molecular flexibility index (Phi) is 3.79. The topological polar surface area (TPSA) is 70.2 Å². The number of thiophene rings is 1. The highest BCUT2D eigenvalue weighted by atomic mass is 32.1. The van der Waals surface area contributed by atoms with Crippen molar-refractivity contribution in [1.29, 1.82) is 0 Å². The summed E-state index contributed by atoms with van der Waals surface area (Å²) in [5, 5.41) is 12.1. The van der Waals surface area contributed by atoms with Crippen molar-refractivity contribution in [3.8, 4) is 33.0 Å². The van der Waals surface area contributed by atoms with Gasteiger partial charge in [0, 0.05) is 45.4 Å². The number of nitrogens with zero attached hydrogens (tertiary/aromatic N) is 3. The summed E-state index contributed by atoms with van der Waals surface area (Å²) in [6.45, 7) is 2.11. The first-order valence-corrected chi connectivity index (χ1v) is 10.6. The minimum atomic E-state index is 0.904. The van der Waals surface area contributed by atoms with Crippen molar-refractivity contribution in [3.63, 3.8) is 0 Å². The van der Waals surface area contributed by atoms with E-state index in [0.29, 0.717) is 0 Å². The lowest BCUT2D eigenvalue weighted by Crippen LogP contribution is -1.85. The van der Waals surface area contributed by atoms with Gasteiger partial charge in [-0.15, -0.1) is 11.3 Å². The van der Waals surface area contributed by atoms with Crippen molar-refractivity contribution in [1.82, 2.24) is 25.1 Å². The Labute approximate surface area is 176 Å². The van der Waals surface area contributed by atoms with Gasteiger partial charge in [0.05, 0.1) is 22.9 Å². The molecule has 0 unspecified atom stereocenters. The number of aromatic amines is 2. The van der Waals surface area contributed by atoms with Crippen LogP contribution in [0.3, 0.4) is 0 Å². The molecule has 0 saturated heterocycles. The Hall–Kier alpha value is -3.77. The van der Waals surface area contributed by atoms with Gasteiger partial charge in [-0.2, -0.15) is 5.10 Å². The van der Waals surface area contributed by atoms with Gasteiger partial charge in [-0.3, -0.25) is 15.1 Å². The normalized spacial score (nSPS) is 11.5. The third kappa shape index (κ3) is 2.65.